The van der Waals surface area contributed by atoms with Crippen molar-refractivity contribution < 1.29 is 43.6 Å². The summed E-state index contributed by atoms with van der Waals surface area (Å²) in [4.78, 5) is 34.3. The van der Waals surface area contributed by atoms with E-state index < -0.39 is 47.6 Å². The molecule has 1 aromatic rings. The lowest BCUT2D eigenvalue weighted by Gasteiger charge is -2.48. The van der Waals surface area contributed by atoms with E-state index in [4.69, 9.17) is 28.9 Å². The molecule has 44 heavy (non-hydrogen) atoms. The first-order chi connectivity index (χ1) is 21.4. The Hall–Kier alpha value is -2.54. The van der Waals surface area contributed by atoms with Gasteiger partial charge in [0.05, 0.1) is 26.0 Å². The molecule has 11 heteroatoms. The highest BCUT2D eigenvalue weighted by molar-refractivity contribution is 5.93. The Morgan fingerprint density at radius 2 is 1.75 bits per heavy atom. The summed E-state index contributed by atoms with van der Waals surface area (Å²) >= 11 is 0. The van der Waals surface area contributed by atoms with Crippen LogP contribution in [0.2, 0.25) is 0 Å². The van der Waals surface area contributed by atoms with Gasteiger partial charge in [0.15, 0.2) is 11.8 Å². The lowest BCUT2D eigenvalue weighted by molar-refractivity contribution is -0.224. The highest BCUT2D eigenvalue weighted by atomic mass is 16.8. The van der Waals surface area contributed by atoms with E-state index in [1.165, 1.54) is 6.26 Å². The van der Waals surface area contributed by atoms with Gasteiger partial charge in [-0.3, -0.25) is 14.4 Å². The van der Waals surface area contributed by atoms with Gasteiger partial charge < -0.3 is 34.5 Å². The maximum atomic E-state index is 14.0. The van der Waals surface area contributed by atoms with E-state index in [0.29, 0.717) is 0 Å². The van der Waals surface area contributed by atoms with Gasteiger partial charge in [0.2, 0.25) is 5.91 Å². The maximum absolute atomic E-state index is 14.0. The van der Waals surface area contributed by atoms with Gasteiger partial charge in [-0.1, -0.05) is 63.8 Å². The Bertz CT molecular complexity index is 1130. The second-order valence-electron chi connectivity index (χ2n) is 12.3. The number of unbranched alkanes of at least 4 members (excludes halogenated alkanes) is 4. The molecule has 4 aliphatic rings. The number of ether oxygens (including phenoxy) is 4. The minimum atomic E-state index is -1.25. The summed E-state index contributed by atoms with van der Waals surface area (Å²) in [6, 6.07) is 6.71. The molecule has 1 aliphatic carbocycles. The zero-order chi connectivity index (χ0) is 31.2. The van der Waals surface area contributed by atoms with Crippen LogP contribution in [-0.2, 0) is 39.9 Å². The molecule has 3 heterocycles. The van der Waals surface area contributed by atoms with Gasteiger partial charge >= 0.3 is 5.97 Å². The number of hydroxylamine groups is 2. The number of benzene rings is 1. The van der Waals surface area contributed by atoms with E-state index in [9.17, 15) is 14.7 Å². The van der Waals surface area contributed by atoms with Crippen LogP contribution in [0.15, 0.2) is 30.5 Å². The zero-order valence-electron chi connectivity index (χ0n) is 25.9. The van der Waals surface area contributed by atoms with E-state index in [1.54, 1.807) is 11.1 Å². The molecule has 3 N–H and O–H groups in total. The van der Waals surface area contributed by atoms with Gasteiger partial charge in [0.25, 0.3) is 0 Å². The number of aliphatic hydroxyl groups is 2. The van der Waals surface area contributed by atoms with E-state index in [1.807, 2.05) is 24.3 Å². The summed E-state index contributed by atoms with van der Waals surface area (Å²) in [5.41, 5.74) is 0.533. The molecule has 6 atom stereocenters. The number of rotatable bonds is 17. The molecular formula is C33H48N2O9. The summed E-state index contributed by atoms with van der Waals surface area (Å²) < 4.78 is 24.9. The third kappa shape index (κ3) is 6.54. The smallest absolute Gasteiger partial charge is 0.327 e. The van der Waals surface area contributed by atoms with E-state index in [0.717, 1.165) is 62.5 Å². The van der Waals surface area contributed by atoms with Crippen molar-refractivity contribution >= 4 is 18.0 Å². The summed E-state index contributed by atoms with van der Waals surface area (Å²) in [5, 5.41) is 22.8. The number of carbonyl (C=O) groups excluding carboxylic acids is 2. The molecule has 0 aromatic heterocycles. The molecule has 3 aliphatic heterocycles. The summed E-state index contributed by atoms with van der Waals surface area (Å²) in [6.07, 6.45) is 8.69. The van der Waals surface area contributed by atoms with Crippen molar-refractivity contribution in [1.29, 1.82) is 0 Å². The van der Waals surface area contributed by atoms with E-state index in [-0.39, 0.29) is 45.2 Å². The number of amides is 1. The Balaban J connectivity index is 1.43. The van der Waals surface area contributed by atoms with Gasteiger partial charge in [0.1, 0.15) is 36.4 Å². The number of nitrogens with zero attached hydrogens (tertiary/aromatic N) is 1. The van der Waals surface area contributed by atoms with Gasteiger partial charge in [-0.15, -0.1) is 0 Å². The van der Waals surface area contributed by atoms with Crippen molar-refractivity contribution in [3.8, 4) is 0 Å². The molecule has 1 aromatic carbocycles. The third-order valence-electron chi connectivity index (χ3n) is 9.28. The molecule has 4 fully saturated rings. The van der Waals surface area contributed by atoms with Crippen molar-refractivity contribution in [2.24, 2.45) is 5.41 Å². The zero-order valence-corrected chi connectivity index (χ0v) is 25.9. The topological polar surface area (TPSA) is 136 Å². The maximum Gasteiger partial charge on any atom is 0.327 e. The van der Waals surface area contributed by atoms with Crippen LogP contribution in [0.3, 0.4) is 0 Å². The average Bonchev–Trinajstić information content (AvgIpc) is 3.57. The van der Waals surface area contributed by atoms with Crippen molar-refractivity contribution in [2.75, 3.05) is 26.4 Å². The summed E-state index contributed by atoms with van der Waals surface area (Å²) in [5.74, 6) is -1.67. The van der Waals surface area contributed by atoms with Crippen molar-refractivity contribution in [3.63, 3.8) is 0 Å². The first kappa shape index (κ1) is 32.8. The van der Waals surface area contributed by atoms with E-state index >= 15 is 0 Å². The number of nitrogens with one attached hydrogen (secondary N) is 1. The molecule has 0 radical (unpaired) electrons. The van der Waals surface area contributed by atoms with Crippen molar-refractivity contribution in [1.82, 2.24) is 10.4 Å². The third-order valence-corrected chi connectivity index (χ3v) is 9.28. The molecule has 2 bridgehead atoms. The highest BCUT2D eigenvalue weighted by Crippen LogP contribution is 2.58. The Kier molecular flexibility index (Phi) is 11.0. The molecule has 0 spiro atoms. The quantitative estimate of drug-likeness (QED) is 0.136. The Labute approximate surface area is 259 Å². The van der Waals surface area contributed by atoms with Gasteiger partial charge in [-0.25, -0.2) is 0 Å². The fourth-order valence-electron chi connectivity index (χ4n) is 7.19. The molecular weight excluding hydrogens is 568 g/mol. The van der Waals surface area contributed by atoms with Crippen molar-refractivity contribution in [3.05, 3.63) is 41.7 Å². The number of fused-ring (bicyclic) bond motifs is 4. The van der Waals surface area contributed by atoms with Crippen LogP contribution in [0, 0.1) is 5.41 Å². The summed E-state index contributed by atoms with van der Waals surface area (Å²) in [6.45, 7) is 4.60. The molecule has 244 valence electrons. The predicted molar refractivity (Wildman–Crippen MR) is 161 cm³/mol. The SMILES string of the molecule is CCCCCC1(CCCCC)OC2C3CC4(C(=O)NCCO)C(ON(Cc5ccc(C=COCCO)cc5)C4C(=O)O3)C2O1. The number of aliphatic hydroxyl groups excluding tert-OH is 2. The largest absolute Gasteiger partial charge is 0.499 e. The second-order valence-corrected chi connectivity index (χ2v) is 12.3. The number of hydrogen-bond donors (Lipinski definition) is 3. The number of carbonyl (C=O) groups is 2. The van der Waals surface area contributed by atoms with Crippen LogP contribution in [0.5, 0.6) is 0 Å². The first-order valence-electron chi connectivity index (χ1n) is 16.3. The number of esters is 1. The summed E-state index contributed by atoms with van der Waals surface area (Å²) in [7, 11) is 0. The standard InChI is InChI=1S/C33H48N2O9/c1-3-5-7-14-32(15-8-6-4-2)42-26-25-21-33(31(39)34-16-17-36)28(30(38)41-25)35(44-29(33)27(26)43-32)22-24-11-9-23(10-12-24)13-19-40-20-18-37/h9-13,19,25-29,36-37H,3-8,14-18,20-22H2,1-2H3,(H,34,39). The van der Waals surface area contributed by atoms with Crippen LogP contribution >= 0.6 is 0 Å². The van der Waals surface area contributed by atoms with Crippen LogP contribution in [0.25, 0.3) is 6.08 Å². The second kappa shape index (κ2) is 14.7. The fourth-order valence-corrected chi connectivity index (χ4v) is 7.19. The fraction of sp³-hybridized carbons (Fsp3) is 0.697. The molecule has 1 amide bonds. The van der Waals surface area contributed by atoms with Crippen LogP contribution in [-0.4, -0.2) is 89.8 Å². The van der Waals surface area contributed by atoms with Crippen molar-refractivity contribution in [2.45, 2.75) is 114 Å². The van der Waals surface area contributed by atoms with Gasteiger partial charge in [-0.05, 0) is 30.0 Å². The molecule has 1 saturated carbocycles. The molecule has 6 unspecified atom stereocenters. The van der Waals surface area contributed by atoms with Crippen LogP contribution < -0.4 is 5.32 Å². The normalized spacial score (nSPS) is 30.4. The molecule has 3 saturated heterocycles. The van der Waals surface area contributed by atoms with Crippen LogP contribution in [0.4, 0.5) is 0 Å². The Morgan fingerprint density at radius 3 is 2.41 bits per heavy atom. The Morgan fingerprint density at radius 1 is 1.05 bits per heavy atom. The molecule has 11 nitrogen and oxygen atoms in total. The minimum Gasteiger partial charge on any atom is -0.499 e. The highest BCUT2D eigenvalue weighted by Gasteiger charge is 2.76. The van der Waals surface area contributed by atoms with Gasteiger partial charge in [-0.2, -0.15) is 5.06 Å². The lowest BCUT2D eigenvalue weighted by atomic mass is 9.62. The molecule has 5 rings (SSSR count). The predicted octanol–water partition coefficient (Wildman–Crippen LogP) is 3.22. The first-order valence-corrected chi connectivity index (χ1v) is 16.3. The van der Waals surface area contributed by atoms with E-state index in [2.05, 4.69) is 19.2 Å². The van der Waals surface area contributed by atoms with Gasteiger partial charge in [0, 0.05) is 25.8 Å². The average molecular weight is 617 g/mol. The number of hydrogen-bond acceptors (Lipinski definition) is 10. The van der Waals surface area contributed by atoms with Crippen LogP contribution in [0.1, 0.15) is 82.8 Å². The monoisotopic (exact) mass is 616 g/mol. The minimum absolute atomic E-state index is 0.0541. The lowest BCUT2D eigenvalue weighted by Crippen LogP contribution is -2.69.